The van der Waals surface area contributed by atoms with Crippen molar-refractivity contribution in [1.82, 2.24) is 10.9 Å². The monoisotopic (exact) mass is 501 g/mol. The van der Waals surface area contributed by atoms with Gasteiger partial charge in [-0.25, -0.2) is 10.9 Å². The van der Waals surface area contributed by atoms with Gasteiger partial charge in [0.25, 0.3) is 11.8 Å². The van der Waals surface area contributed by atoms with Gasteiger partial charge >= 0.3 is 0 Å². The van der Waals surface area contributed by atoms with Crippen molar-refractivity contribution in [3.63, 3.8) is 0 Å². The Morgan fingerprint density at radius 3 is 2.08 bits per heavy atom. The largest absolute Gasteiger partial charge is 0.507 e. The molecule has 12 nitrogen and oxygen atoms in total. The predicted molar refractivity (Wildman–Crippen MR) is 130 cm³/mol. The van der Waals surface area contributed by atoms with Crippen LogP contribution in [0.3, 0.4) is 0 Å². The van der Waals surface area contributed by atoms with Crippen molar-refractivity contribution in [2.24, 2.45) is 10.2 Å². The van der Waals surface area contributed by atoms with Crippen LogP contribution in [0.1, 0.15) is 32.4 Å². The minimum Gasteiger partial charge on any atom is -0.507 e. The van der Waals surface area contributed by atoms with E-state index in [1.165, 1.54) is 24.3 Å². The number of hydrazone groups is 2. The van der Waals surface area contributed by atoms with E-state index in [0.717, 1.165) is 0 Å². The highest BCUT2D eigenvalue weighted by Gasteiger charge is 2.38. The third-order valence-electron chi connectivity index (χ3n) is 5.49. The first-order chi connectivity index (χ1) is 17.9. The molecule has 1 atom stereocenters. The summed E-state index contributed by atoms with van der Waals surface area (Å²) in [5.74, 6) is -1.37. The lowest BCUT2D eigenvalue weighted by molar-refractivity contribution is 0.0943. The summed E-state index contributed by atoms with van der Waals surface area (Å²) in [6.07, 6.45) is -0.993. The van der Waals surface area contributed by atoms with Crippen LogP contribution in [-0.2, 0) is 4.74 Å². The number of nitrogens with one attached hydrogen (secondary N) is 3. The molecule has 2 amide bonds. The van der Waals surface area contributed by atoms with Crippen molar-refractivity contribution in [2.75, 3.05) is 6.79 Å². The SMILES string of the molecule is N=C1O[C@H](c2ccc3c(c2)OCO3)C(=N\NC(=O)c2ccccc2O)/C1=N\NC(=O)c1ccccc1O. The van der Waals surface area contributed by atoms with Crippen LogP contribution in [0.5, 0.6) is 23.0 Å². The molecule has 0 aromatic heterocycles. The third-order valence-corrected chi connectivity index (χ3v) is 5.49. The topological polar surface area (TPSA) is 175 Å². The average Bonchev–Trinajstić information content (AvgIpc) is 3.49. The Kier molecular flexibility index (Phi) is 6.12. The van der Waals surface area contributed by atoms with Gasteiger partial charge in [-0.3, -0.25) is 15.0 Å². The van der Waals surface area contributed by atoms with E-state index in [2.05, 4.69) is 21.1 Å². The Balaban J connectivity index is 1.48. The number of nitrogens with zero attached hydrogens (tertiary/aromatic N) is 2. The minimum absolute atomic E-state index is 0.00483. The number of phenolic OH excluding ortho intramolecular Hbond substituents is 2. The van der Waals surface area contributed by atoms with Crippen LogP contribution in [0.4, 0.5) is 0 Å². The molecule has 5 rings (SSSR count). The first kappa shape index (κ1) is 23.4. The number of para-hydroxylation sites is 2. The number of benzene rings is 3. The molecule has 3 aromatic carbocycles. The van der Waals surface area contributed by atoms with Gasteiger partial charge in [0, 0.05) is 5.56 Å². The number of hydrogen-bond donors (Lipinski definition) is 5. The Labute approximate surface area is 209 Å². The van der Waals surface area contributed by atoms with Gasteiger partial charge in [0.1, 0.15) is 17.2 Å². The second kappa shape index (κ2) is 9.70. The van der Waals surface area contributed by atoms with Gasteiger partial charge in [0.05, 0.1) is 11.1 Å². The maximum atomic E-state index is 12.6. The highest BCUT2D eigenvalue weighted by Crippen LogP contribution is 2.37. The molecule has 0 radical (unpaired) electrons. The van der Waals surface area contributed by atoms with E-state index in [1.54, 1.807) is 42.5 Å². The smallest absolute Gasteiger partial charge is 0.275 e. The second-order valence-corrected chi connectivity index (χ2v) is 7.81. The molecule has 0 bridgehead atoms. The van der Waals surface area contributed by atoms with E-state index < -0.39 is 23.8 Å². The molecular formula is C25H19N5O7. The van der Waals surface area contributed by atoms with E-state index in [1.807, 2.05) is 0 Å². The zero-order chi connectivity index (χ0) is 25.9. The molecule has 2 aliphatic heterocycles. The Morgan fingerprint density at radius 2 is 1.43 bits per heavy atom. The summed E-state index contributed by atoms with van der Waals surface area (Å²) in [5.41, 5.74) is 4.91. The summed E-state index contributed by atoms with van der Waals surface area (Å²) in [4.78, 5) is 25.2. The summed E-state index contributed by atoms with van der Waals surface area (Å²) in [6.45, 7) is 0.0583. The van der Waals surface area contributed by atoms with Gasteiger partial charge in [-0.15, -0.1) is 0 Å². The number of ether oxygens (including phenoxy) is 3. The maximum absolute atomic E-state index is 12.6. The van der Waals surface area contributed by atoms with Gasteiger partial charge in [-0.1, -0.05) is 30.3 Å². The average molecular weight is 501 g/mol. The fraction of sp³-hybridized carbons (Fsp3) is 0.0800. The molecule has 2 heterocycles. The van der Waals surface area contributed by atoms with E-state index >= 15 is 0 Å². The van der Waals surface area contributed by atoms with Crippen molar-refractivity contribution >= 4 is 29.1 Å². The summed E-state index contributed by atoms with van der Waals surface area (Å²) in [5, 5.41) is 36.3. The predicted octanol–water partition coefficient (Wildman–Crippen LogP) is 2.45. The number of carbonyl (C=O) groups excluding carboxylic acids is 2. The number of amides is 2. The van der Waals surface area contributed by atoms with Crippen LogP contribution >= 0.6 is 0 Å². The number of rotatable bonds is 5. The highest BCUT2D eigenvalue weighted by molar-refractivity contribution is 6.69. The quantitative estimate of drug-likeness (QED) is 0.334. The fourth-order valence-electron chi connectivity index (χ4n) is 3.66. The lowest BCUT2D eigenvalue weighted by Crippen LogP contribution is -2.28. The van der Waals surface area contributed by atoms with Crippen LogP contribution in [0.2, 0.25) is 0 Å². The molecule has 186 valence electrons. The van der Waals surface area contributed by atoms with Gasteiger partial charge < -0.3 is 24.4 Å². The van der Waals surface area contributed by atoms with Gasteiger partial charge in [-0.2, -0.15) is 10.2 Å². The number of carbonyl (C=O) groups is 2. The maximum Gasteiger partial charge on any atom is 0.275 e. The number of aromatic hydroxyl groups is 2. The van der Waals surface area contributed by atoms with Crippen LogP contribution < -0.4 is 20.3 Å². The Morgan fingerprint density at radius 1 is 0.838 bits per heavy atom. The molecule has 1 saturated heterocycles. The summed E-state index contributed by atoms with van der Waals surface area (Å²) in [7, 11) is 0. The van der Waals surface area contributed by atoms with Crippen molar-refractivity contribution < 1.29 is 34.0 Å². The van der Waals surface area contributed by atoms with Gasteiger partial charge in [0.2, 0.25) is 12.7 Å². The molecule has 2 aliphatic rings. The Bertz CT molecular complexity index is 1480. The molecule has 0 saturated carbocycles. The molecule has 12 heteroatoms. The van der Waals surface area contributed by atoms with Crippen molar-refractivity contribution in [1.29, 1.82) is 5.41 Å². The summed E-state index contributed by atoms with van der Waals surface area (Å²) in [6, 6.07) is 16.8. The Hall–Kier alpha value is -5.39. The standard InChI is InChI=1S/C25H19N5O7/c26-23-21(28-30-25(34)15-6-2-4-8-17(15)32)20(27-29-24(33)14-5-1-3-7-16(14)31)22(37-23)13-9-10-18-19(11-13)36-12-35-18/h1-11,22,26,31-32H,12H2,(H,29,33)(H,30,34)/b26-23?,27-20-,28-21+/t22-/m1/s1. The number of hydrogen-bond acceptors (Lipinski definition) is 10. The second-order valence-electron chi connectivity index (χ2n) is 7.81. The zero-order valence-corrected chi connectivity index (χ0v) is 19.0. The first-order valence-corrected chi connectivity index (χ1v) is 10.9. The van der Waals surface area contributed by atoms with E-state index in [-0.39, 0.29) is 40.8 Å². The van der Waals surface area contributed by atoms with E-state index in [9.17, 15) is 19.8 Å². The normalized spacial score (nSPS) is 18.1. The lowest BCUT2D eigenvalue weighted by Gasteiger charge is -2.11. The number of fused-ring (bicyclic) bond motifs is 1. The highest BCUT2D eigenvalue weighted by atomic mass is 16.7. The van der Waals surface area contributed by atoms with Crippen LogP contribution in [-0.4, -0.2) is 46.1 Å². The molecule has 0 aliphatic carbocycles. The van der Waals surface area contributed by atoms with Crippen molar-refractivity contribution in [2.45, 2.75) is 6.10 Å². The lowest BCUT2D eigenvalue weighted by atomic mass is 10.0. The van der Waals surface area contributed by atoms with Crippen LogP contribution in [0.25, 0.3) is 0 Å². The summed E-state index contributed by atoms with van der Waals surface area (Å²) < 4.78 is 16.4. The molecule has 3 aromatic rings. The van der Waals surface area contributed by atoms with Gasteiger partial charge in [-0.05, 0) is 36.4 Å². The molecule has 37 heavy (non-hydrogen) atoms. The third kappa shape index (κ3) is 4.62. The minimum atomic E-state index is -0.993. The van der Waals surface area contributed by atoms with Crippen LogP contribution in [0.15, 0.2) is 76.9 Å². The van der Waals surface area contributed by atoms with Gasteiger partial charge in [0.15, 0.2) is 23.3 Å². The molecule has 5 N–H and O–H groups in total. The molecule has 0 spiro atoms. The van der Waals surface area contributed by atoms with E-state index in [4.69, 9.17) is 19.6 Å². The van der Waals surface area contributed by atoms with Crippen molar-refractivity contribution in [3.8, 4) is 23.0 Å². The molecule has 0 unspecified atom stereocenters. The fourth-order valence-corrected chi connectivity index (χ4v) is 3.66. The molecular weight excluding hydrogens is 482 g/mol. The molecule has 1 fully saturated rings. The zero-order valence-electron chi connectivity index (χ0n) is 19.0. The summed E-state index contributed by atoms with van der Waals surface area (Å²) >= 11 is 0. The number of phenols is 2. The van der Waals surface area contributed by atoms with Crippen molar-refractivity contribution in [3.05, 3.63) is 83.4 Å². The van der Waals surface area contributed by atoms with Crippen LogP contribution in [0, 0.1) is 5.41 Å². The van der Waals surface area contributed by atoms with E-state index in [0.29, 0.717) is 17.1 Å². The first-order valence-electron chi connectivity index (χ1n) is 10.9.